The molecular weight excluding hydrogens is 288 g/mol. The summed E-state index contributed by atoms with van der Waals surface area (Å²) in [7, 11) is 0. The van der Waals surface area contributed by atoms with Crippen LogP contribution in [0.5, 0.6) is 0 Å². The third-order valence-corrected chi connectivity index (χ3v) is 4.24. The number of nitrogens with one attached hydrogen (secondary N) is 1. The van der Waals surface area contributed by atoms with Gasteiger partial charge < -0.3 is 9.72 Å². The van der Waals surface area contributed by atoms with E-state index in [1.807, 2.05) is 0 Å². The van der Waals surface area contributed by atoms with Crippen molar-refractivity contribution >= 4 is 11.6 Å². The third-order valence-electron chi connectivity index (χ3n) is 4.24. The monoisotopic (exact) mass is 307 g/mol. The van der Waals surface area contributed by atoms with Crippen LogP contribution >= 0.6 is 0 Å². The standard InChI is InChI=1S/C16H19F2N3O/c1-10-9-13(14(17)18)20-15-12(7-8-21(10)15)16(22)19-11-5-3-2-4-6-11/h7-9,11,14H,2-6H2,1H3,(H,19,22). The van der Waals surface area contributed by atoms with Crippen molar-refractivity contribution in [2.24, 2.45) is 0 Å². The van der Waals surface area contributed by atoms with Gasteiger partial charge in [0.2, 0.25) is 0 Å². The fourth-order valence-electron chi connectivity index (χ4n) is 3.06. The summed E-state index contributed by atoms with van der Waals surface area (Å²) in [5.74, 6) is -0.229. The maximum absolute atomic E-state index is 12.9. The van der Waals surface area contributed by atoms with Crippen molar-refractivity contribution in [2.75, 3.05) is 0 Å². The van der Waals surface area contributed by atoms with Crippen molar-refractivity contribution in [3.05, 3.63) is 35.3 Å². The minimum absolute atomic E-state index is 0.176. The normalized spacial score (nSPS) is 16.4. The molecule has 0 aromatic carbocycles. The van der Waals surface area contributed by atoms with E-state index in [4.69, 9.17) is 0 Å². The zero-order chi connectivity index (χ0) is 15.7. The lowest BCUT2D eigenvalue weighted by atomic mass is 9.95. The van der Waals surface area contributed by atoms with Gasteiger partial charge in [0.05, 0.1) is 5.56 Å². The highest BCUT2D eigenvalue weighted by atomic mass is 19.3. The summed E-state index contributed by atoms with van der Waals surface area (Å²) in [5, 5.41) is 3.00. The second-order valence-corrected chi connectivity index (χ2v) is 5.85. The van der Waals surface area contributed by atoms with E-state index in [0.29, 0.717) is 16.9 Å². The number of aryl methyl sites for hydroxylation is 1. The van der Waals surface area contributed by atoms with Crippen LogP contribution < -0.4 is 5.32 Å². The van der Waals surface area contributed by atoms with E-state index >= 15 is 0 Å². The summed E-state index contributed by atoms with van der Waals surface area (Å²) in [5.41, 5.74) is 0.993. The van der Waals surface area contributed by atoms with Crippen molar-refractivity contribution in [3.8, 4) is 0 Å². The van der Waals surface area contributed by atoms with Crippen LogP contribution in [-0.4, -0.2) is 21.3 Å². The number of rotatable bonds is 3. The van der Waals surface area contributed by atoms with Gasteiger partial charge in [0, 0.05) is 17.9 Å². The molecule has 2 heterocycles. The molecule has 1 N–H and O–H groups in total. The van der Waals surface area contributed by atoms with Gasteiger partial charge in [-0.2, -0.15) is 0 Å². The van der Waals surface area contributed by atoms with Crippen molar-refractivity contribution in [1.82, 2.24) is 14.7 Å². The number of aromatic nitrogens is 2. The Morgan fingerprint density at radius 3 is 2.77 bits per heavy atom. The second-order valence-electron chi connectivity index (χ2n) is 5.85. The van der Waals surface area contributed by atoms with E-state index in [2.05, 4.69) is 10.3 Å². The Morgan fingerprint density at radius 2 is 2.09 bits per heavy atom. The van der Waals surface area contributed by atoms with Gasteiger partial charge in [-0.25, -0.2) is 13.8 Å². The van der Waals surface area contributed by atoms with Gasteiger partial charge in [-0.1, -0.05) is 19.3 Å². The van der Waals surface area contributed by atoms with Gasteiger partial charge in [-0.05, 0) is 31.9 Å². The second kappa shape index (κ2) is 6.02. The fraction of sp³-hybridized carbons (Fsp3) is 0.500. The average Bonchev–Trinajstić information content (AvgIpc) is 2.92. The molecule has 1 aliphatic carbocycles. The molecule has 6 heteroatoms. The summed E-state index contributed by atoms with van der Waals surface area (Å²) in [6.45, 7) is 1.73. The molecule has 0 atom stereocenters. The summed E-state index contributed by atoms with van der Waals surface area (Å²) in [4.78, 5) is 16.4. The number of carbonyl (C=O) groups is 1. The van der Waals surface area contributed by atoms with Crippen molar-refractivity contribution in [2.45, 2.75) is 51.5 Å². The molecule has 1 fully saturated rings. The van der Waals surface area contributed by atoms with Crippen molar-refractivity contribution in [3.63, 3.8) is 0 Å². The number of hydrogen-bond donors (Lipinski definition) is 1. The Bertz CT molecular complexity index is 690. The molecule has 0 unspecified atom stereocenters. The first-order valence-electron chi connectivity index (χ1n) is 7.64. The lowest BCUT2D eigenvalue weighted by Gasteiger charge is -2.22. The number of fused-ring (bicyclic) bond motifs is 1. The molecule has 0 bridgehead atoms. The van der Waals surface area contributed by atoms with Crippen LogP contribution in [0.3, 0.4) is 0 Å². The van der Waals surface area contributed by atoms with Gasteiger partial charge in [-0.3, -0.25) is 4.79 Å². The zero-order valence-electron chi connectivity index (χ0n) is 12.5. The van der Waals surface area contributed by atoms with Crippen LogP contribution in [-0.2, 0) is 0 Å². The van der Waals surface area contributed by atoms with Gasteiger partial charge >= 0.3 is 0 Å². The van der Waals surface area contributed by atoms with Crippen molar-refractivity contribution in [1.29, 1.82) is 0 Å². The number of nitrogens with zero attached hydrogens (tertiary/aromatic N) is 2. The van der Waals surface area contributed by atoms with Crippen LogP contribution in [0, 0.1) is 6.92 Å². The molecule has 1 amide bonds. The summed E-state index contributed by atoms with van der Waals surface area (Å²) >= 11 is 0. The largest absolute Gasteiger partial charge is 0.349 e. The molecule has 2 aromatic heterocycles. The van der Waals surface area contributed by atoms with E-state index in [0.717, 1.165) is 25.7 Å². The summed E-state index contributed by atoms with van der Waals surface area (Å²) < 4.78 is 27.5. The first-order chi connectivity index (χ1) is 10.6. The highest BCUT2D eigenvalue weighted by Gasteiger charge is 2.21. The first kappa shape index (κ1) is 14.9. The molecule has 2 aromatic rings. The Morgan fingerprint density at radius 1 is 1.36 bits per heavy atom. The first-order valence-corrected chi connectivity index (χ1v) is 7.64. The predicted molar refractivity (Wildman–Crippen MR) is 79.2 cm³/mol. The van der Waals surface area contributed by atoms with Gasteiger partial charge in [-0.15, -0.1) is 0 Å². The average molecular weight is 307 g/mol. The van der Waals surface area contributed by atoms with E-state index in [1.54, 1.807) is 23.6 Å². The molecule has 22 heavy (non-hydrogen) atoms. The minimum Gasteiger partial charge on any atom is -0.349 e. The zero-order valence-corrected chi connectivity index (χ0v) is 12.5. The summed E-state index contributed by atoms with van der Waals surface area (Å²) in [6.07, 6.45) is 4.46. The van der Waals surface area contributed by atoms with Gasteiger partial charge in [0.25, 0.3) is 12.3 Å². The number of carbonyl (C=O) groups excluding carboxylic acids is 1. The van der Waals surface area contributed by atoms with E-state index in [9.17, 15) is 13.6 Å². The number of alkyl halides is 2. The Labute approximate surface area is 127 Å². The third kappa shape index (κ3) is 2.82. The van der Waals surface area contributed by atoms with E-state index in [-0.39, 0.29) is 17.6 Å². The fourth-order valence-corrected chi connectivity index (χ4v) is 3.06. The van der Waals surface area contributed by atoms with Crippen molar-refractivity contribution < 1.29 is 13.6 Å². The van der Waals surface area contributed by atoms with Crippen LogP contribution in [0.25, 0.3) is 5.65 Å². The van der Waals surface area contributed by atoms with Gasteiger partial charge in [0.1, 0.15) is 11.3 Å². The van der Waals surface area contributed by atoms with Crippen LogP contribution in [0.2, 0.25) is 0 Å². The SMILES string of the molecule is Cc1cc(C(F)F)nc2c(C(=O)NC3CCCCC3)ccn12. The molecular formula is C16H19F2N3O. The topological polar surface area (TPSA) is 46.4 Å². The predicted octanol–water partition coefficient (Wildman–Crippen LogP) is 3.64. The smallest absolute Gasteiger partial charge is 0.280 e. The number of hydrogen-bond acceptors (Lipinski definition) is 2. The molecule has 0 saturated heterocycles. The maximum Gasteiger partial charge on any atom is 0.280 e. The molecule has 1 aliphatic rings. The summed E-state index contributed by atoms with van der Waals surface area (Å²) in [6, 6.07) is 3.17. The molecule has 118 valence electrons. The van der Waals surface area contributed by atoms with Crippen LogP contribution in [0.1, 0.15) is 60.3 Å². The molecule has 4 nitrogen and oxygen atoms in total. The van der Waals surface area contributed by atoms with Crippen LogP contribution in [0.4, 0.5) is 8.78 Å². The molecule has 0 aliphatic heterocycles. The Balaban J connectivity index is 1.91. The molecule has 1 saturated carbocycles. The maximum atomic E-state index is 12.9. The molecule has 0 spiro atoms. The van der Waals surface area contributed by atoms with Crippen LogP contribution in [0.15, 0.2) is 18.3 Å². The number of amides is 1. The molecule has 0 radical (unpaired) electrons. The van der Waals surface area contributed by atoms with E-state index in [1.165, 1.54) is 12.5 Å². The molecule has 3 rings (SSSR count). The number of halogens is 2. The quantitative estimate of drug-likeness (QED) is 0.941. The Kier molecular flexibility index (Phi) is 4.09. The highest BCUT2D eigenvalue weighted by molar-refractivity contribution is 6.00. The van der Waals surface area contributed by atoms with Gasteiger partial charge in [0.15, 0.2) is 0 Å². The minimum atomic E-state index is -2.65. The lowest BCUT2D eigenvalue weighted by Crippen LogP contribution is -2.36. The van der Waals surface area contributed by atoms with E-state index < -0.39 is 6.43 Å². The highest BCUT2D eigenvalue weighted by Crippen LogP contribution is 2.22. The Hall–Kier alpha value is -1.98. The lowest BCUT2D eigenvalue weighted by molar-refractivity contribution is 0.0929.